The van der Waals surface area contributed by atoms with Crippen molar-refractivity contribution in [2.24, 2.45) is 5.73 Å². The molecule has 25 heavy (non-hydrogen) atoms. The molecule has 0 radical (unpaired) electrons. The van der Waals surface area contributed by atoms with Gasteiger partial charge >= 0.3 is 0 Å². The van der Waals surface area contributed by atoms with E-state index in [1.54, 1.807) is 0 Å². The number of carbonyl (C=O) groups excluding carboxylic acids is 1. The smallest absolute Gasteiger partial charge is 0.241 e. The minimum absolute atomic E-state index is 0.279. The Bertz CT molecular complexity index is 703. The number of aromatic nitrogens is 2. The minimum atomic E-state index is -0.279. The van der Waals surface area contributed by atoms with Gasteiger partial charge in [0.15, 0.2) is 0 Å². The van der Waals surface area contributed by atoms with Gasteiger partial charge in [-0.2, -0.15) is 4.98 Å². The molecule has 2 heterocycles. The van der Waals surface area contributed by atoms with E-state index in [1.165, 1.54) is 5.56 Å². The standard InChI is InChI=1S/C18H25N5O2/c1-13(2)14-3-5-15(6-4-14)18-20-17(25-21-18)12-23-9-7-22(8-10-23)11-16(19)24/h3-6,13H,7-12H2,1-2H3,(H2,19,24). The van der Waals surface area contributed by atoms with Gasteiger partial charge in [-0.15, -0.1) is 0 Å². The van der Waals surface area contributed by atoms with Crippen molar-refractivity contribution in [3.63, 3.8) is 0 Å². The van der Waals surface area contributed by atoms with Crippen LogP contribution < -0.4 is 5.73 Å². The molecule has 3 rings (SSSR count). The number of rotatable bonds is 6. The topological polar surface area (TPSA) is 88.5 Å². The molecule has 1 saturated heterocycles. The lowest BCUT2D eigenvalue weighted by Crippen LogP contribution is -2.48. The summed E-state index contributed by atoms with van der Waals surface area (Å²) in [5.41, 5.74) is 7.49. The molecular weight excluding hydrogens is 318 g/mol. The fourth-order valence-corrected chi connectivity index (χ4v) is 2.97. The molecule has 1 aliphatic heterocycles. The number of primary amides is 1. The van der Waals surface area contributed by atoms with Crippen LogP contribution in [-0.2, 0) is 11.3 Å². The zero-order chi connectivity index (χ0) is 17.8. The van der Waals surface area contributed by atoms with Crippen molar-refractivity contribution in [1.82, 2.24) is 19.9 Å². The van der Waals surface area contributed by atoms with Gasteiger partial charge in [0.25, 0.3) is 0 Å². The van der Waals surface area contributed by atoms with Gasteiger partial charge in [0.05, 0.1) is 13.1 Å². The van der Waals surface area contributed by atoms with E-state index in [-0.39, 0.29) is 5.91 Å². The van der Waals surface area contributed by atoms with Crippen molar-refractivity contribution in [3.8, 4) is 11.4 Å². The predicted molar refractivity (Wildman–Crippen MR) is 94.7 cm³/mol. The third-order valence-corrected chi connectivity index (χ3v) is 4.51. The maximum absolute atomic E-state index is 11.0. The Hall–Kier alpha value is -2.25. The molecule has 0 atom stereocenters. The normalized spacial score (nSPS) is 16.4. The fourth-order valence-electron chi connectivity index (χ4n) is 2.97. The second-order valence-electron chi connectivity index (χ2n) is 6.81. The third kappa shape index (κ3) is 4.64. The summed E-state index contributed by atoms with van der Waals surface area (Å²) in [6.07, 6.45) is 0. The molecule has 2 aromatic rings. The molecule has 2 N–H and O–H groups in total. The maximum Gasteiger partial charge on any atom is 0.241 e. The van der Waals surface area contributed by atoms with Crippen LogP contribution in [0.15, 0.2) is 28.8 Å². The molecule has 0 aliphatic carbocycles. The van der Waals surface area contributed by atoms with Crippen LogP contribution in [0.1, 0.15) is 31.2 Å². The van der Waals surface area contributed by atoms with Gasteiger partial charge in [-0.25, -0.2) is 0 Å². The lowest BCUT2D eigenvalue weighted by atomic mass is 10.0. The van der Waals surface area contributed by atoms with E-state index in [2.05, 4.69) is 45.9 Å². The second-order valence-corrected chi connectivity index (χ2v) is 6.81. The van der Waals surface area contributed by atoms with Crippen molar-refractivity contribution in [2.75, 3.05) is 32.7 Å². The molecule has 0 spiro atoms. The second kappa shape index (κ2) is 7.76. The van der Waals surface area contributed by atoms with Gasteiger partial charge in [-0.05, 0) is 11.5 Å². The van der Waals surface area contributed by atoms with Crippen LogP contribution in [0.25, 0.3) is 11.4 Å². The summed E-state index contributed by atoms with van der Waals surface area (Å²) in [6, 6.07) is 8.28. The summed E-state index contributed by atoms with van der Waals surface area (Å²) in [5.74, 6) is 1.46. The number of hydrogen-bond acceptors (Lipinski definition) is 6. The van der Waals surface area contributed by atoms with Crippen LogP contribution in [0, 0.1) is 0 Å². The summed E-state index contributed by atoms with van der Waals surface area (Å²) in [4.78, 5) is 19.8. The lowest BCUT2D eigenvalue weighted by molar-refractivity contribution is -0.119. The fraction of sp³-hybridized carbons (Fsp3) is 0.500. The molecule has 1 amide bonds. The van der Waals surface area contributed by atoms with Crippen molar-refractivity contribution < 1.29 is 9.32 Å². The maximum atomic E-state index is 11.0. The van der Waals surface area contributed by atoms with Gasteiger partial charge in [0.2, 0.25) is 17.6 Å². The first-order valence-electron chi connectivity index (χ1n) is 8.67. The number of hydrogen-bond donors (Lipinski definition) is 1. The highest BCUT2D eigenvalue weighted by Crippen LogP contribution is 2.21. The molecule has 134 valence electrons. The van der Waals surface area contributed by atoms with Gasteiger partial charge < -0.3 is 10.3 Å². The summed E-state index contributed by atoms with van der Waals surface area (Å²) < 4.78 is 5.40. The quantitative estimate of drug-likeness (QED) is 0.854. The van der Waals surface area contributed by atoms with Crippen LogP contribution in [0.5, 0.6) is 0 Å². The van der Waals surface area contributed by atoms with E-state index >= 15 is 0 Å². The summed E-state index contributed by atoms with van der Waals surface area (Å²) >= 11 is 0. The molecule has 1 aliphatic rings. The number of piperazine rings is 1. The van der Waals surface area contributed by atoms with Gasteiger partial charge in [-0.1, -0.05) is 43.3 Å². The molecule has 0 saturated carbocycles. The average Bonchev–Trinajstić information content (AvgIpc) is 3.05. The number of nitrogens with zero attached hydrogens (tertiary/aromatic N) is 4. The predicted octanol–water partition coefficient (Wildman–Crippen LogP) is 1.46. The zero-order valence-corrected chi connectivity index (χ0v) is 14.8. The first-order chi connectivity index (χ1) is 12.0. The highest BCUT2D eigenvalue weighted by atomic mass is 16.5. The van der Waals surface area contributed by atoms with E-state index in [1.807, 2.05) is 12.1 Å². The van der Waals surface area contributed by atoms with E-state index in [4.69, 9.17) is 10.3 Å². The third-order valence-electron chi connectivity index (χ3n) is 4.51. The minimum Gasteiger partial charge on any atom is -0.369 e. The number of amides is 1. The van der Waals surface area contributed by atoms with E-state index in [0.29, 0.717) is 30.7 Å². The first-order valence-corrected chi connectivity index (χ1v) is 8.67. The highest BCUT2D eigenvalue weighted by Gasteiger charge is 2.20. The zero-order valence-electron chi connectivity index (χ0n) is 14.8. The summed E-state index contributed by atoms with van der Waals surface area (Å²) in [5, 5.41) is 4.10. The molecule has 0 bridgehead atoms. The number of benzene rings is 1. The Morgan fingerprint density at radius 1 is 1.16 bits per heavy atom. The first kappa shape index (κ1) is 17.6. The lowest BCUT2D eigenvalue weighted by Gasteiger charge is -2.32. The molecule has 1 aromatic carbocycles. The highest BCUT2D eigenvalue weighted by molar-refractivity contribution is 5.75. The number of carbonyl (C=O) groups is 1. The van der Waals surface area contributed by atoms with Crippen LogP contribution in [-0.4, -0.2) is 58.6 Å². The average molecular weight is 343 g/mol. The molecule has 7 heteroatoms. The molecule has 1 fully saturated rings. The van der Waals surface area contributed by atoms with Crippen LogP contribution in [0.2, 0.25) is 0 Å². The van der Waals surface area contributed by atoms with Crippen LogP contribution >= 0.6 is 0 Å². The van der Waals surface area contributed by atoms with Crippen LogP contribution in [0.4, 0.5) is 0 Å². The van der Waals surface area contributed by atoms with Crippen LogP contribution in [0.3, 0.4) is 0 Å². The molecule has 7 nitrogen and oxygen atoms in total. The Kier molecular flexibility index (Phi) is 5.45. The van der Waals surface area contributed by atoms with E-state index in [9.17, 15) is 4.79 Å². The Morgan fingerprint density at radius 3 is 2.40 bits per heavy atom. The molecular formula is C18H25N5O2. The van der Waals surface area contributed by atoms with Gasteiger partial charge in [0, 0.05) is 31.7 Å². The largest absolute Gasteiger partial charge is 0.369 e. The van der Waals surface area contributed by atoms with E-state index in [0.717, 1.165) is 31.7 Å². The van der Waals surface area contributed by atoms with Crippen molar-refractivity contribution in [2.45, 2.75) is 26.3 Å². The summed E-state index contributed by atoms with van der Waals surface area (Å²) in [7, 11) is 0. The van der Waals surface area contributed by atoms with Crippen molar-refractivity contribution in [1.29, 1.82) is 0 Å². The number of nitrogens with two attached hydrogens (primary N) is 1. The monoisotopic (exact) mass is 343 g/mol. The van der Waals surface area contributed by atoms with Crippen molar-refractivity contribution >= 4 is 5.91 Å². The van der Waals surface area contributed by atoms with Gasteiger partial charge in [-0.3, -0.25) is 14.6 Å². The Labute approximate surface area is 147 Å². The Balaban J connectivity index is 1.56. The molecule has 0 unspecified atom stereocenters. The van der Waals surface area contributed by atoms with E-state index < -0.39 is 0 Å². The molecule has 1 aromatic heterocycles. The van der Waals surface area contributed by atoms with Gasteiger partial charge in [0.1, 0.15) is 0 Å². The SMILES string of the molecule is CC(C)c1ccc(-c2noc(CN3CCN(CC(N)=O)CC3)n2)cc1. The van der Waals surface area contributed by atoms with Crippen molar-refractivity contribution in [3.05, 3.63) is 35.7 Å². The summed E-state index contributed by atoms with van der Waals surface area (Å²) in [6.45, 7) is 8.64. The Morgan fingerprint density at radius 2 is 1.80 bits per heavy atom.